The van der Waals surface area contributed by atoms with Gasteiger partial charge in [-0.15, -0.1) is 11.3 Å². The number of rotatable bonds is 3. The Labute approximate surface area is 167 Å². The molecular formula is C20H21ClN2O3S. The number of thiophene rings is 1. The summed E-state index contributed by atoms with van der Waals surface area (Å²) < 4.78 is 5.32. The van der Waals surface area contributed by atoms with Gasteiger partial charge in [0.1, 0.15) is 0 Å². The molecule has 1 N–H and O–H groups in total. The van der Waals surface area contributed by atoms with E-state index in [0.717, 1.165) is 29.0 Å². The monoisotopic (exact) mass is 404 g/mol. The second-order valence-corrected chi connectivity index (χ2v) is 8.47. The van der Waals surface area contributed by atoms with E-state index in [4.69, 9.17) is 16.3 Å². The van der Waals surface area contributed by atoms with Crippen LogP contribution in [0.2, 0.25) is 5.02 Å². The normalized spacial score (nSPS) is 19.4. The smallest absolute Gasteiger partial charge is 0.264 e. The SMILES string of the molecule is O=C(Nc1ccc(Cl)cc1)C1CCc2sc(C(=O)N3CCOCC3)cc2C1. The first-order chi connectivity index (χ1) is 13.1. The average Bonchev–Trinajstić information content (AvgIpc) is 3.13. The number of hydrogen-bond donors (Lipinski definition) is 1. The molecule has 1 aromatic heterocycles. The number of nitrogens with zero attached hydrogens (tertiary/aromatic N) is 1. The van der Waals surface area contributed by atoms with E-state index >= 15 is 0 Å². The molecule has 0 bridgehead atoms. The molecule has 0 saturated carbocycles. The van der Waals surface area contributed by atoms with Crippen LogP contribution >= 0.6 is 22.9 Å². The summed E-state index contributed by atoms with van der Waals surface area (Å²) >= 11 is 7.47. The van der Waals surface area contributed by atoms with Crippen LogP contribution in [-0.4, -0.2) is 43.0 Å². The van der Waals surface area contributed by atoms with E-state index in [1.165, 1.54) is 4.88 Å². The van der Waals surface area contributed by atoms with E-state index in [0.29, 0.717) is 37.7 Å². The lowest BCUT2D eigenvalue weighted by molar-refractivity contribution is -0.120. The van der Waals surface area contributed by atoms with Gasteiger partial charge in [-0.3, -0.25) is 9.59 Å². The Hall–Kier alpha value is -1.89. The Bertz CT molecular complexity index is 843. The summed E-state index contributed by atoms with van der Waals surface area (Å²) in [5.41, 5.74) is 1.89. The van der Waals surface area contributed by atoms with Gasteiger partial charge >= 0.3 is 0 Å². The average molecular weight is 405 g/mol. The maximum Gasteiger partial charge on any atom is 0.264 e. The van der Waals surface area contributed by atoms with Crippen molar-refractivity contribution in [2.24, 2.45) is 5.92 Å². The third-order valence-electron chi connectivity index (χ3n) is 5.07. The number of carbonyl (C=O) groups is 2. The minimum Gasteiger partial charge on any atom is -0.378 e. The van der Waals surface area contributed by atoms with Crippen molar-refractivity contribution in [1.82, 2.24) is 4.90 Å². The number of nitrogens with one attached hydrogen (secondary N) is 1. The molecule has 2 amide bonds. The van der Waals surface area contributed by atoms with Gasteiger partial charge in [-0.1, -0.05) is 11.6 Å². The van der Waals surface area contributed by atoms with Gasteiger partial charge in [-0.2, -0.15) is 0 Å². The minimum absolute atomic E-state index is 0.0234. The van der Waals surface area contributed by atoms with Crippen LogP contribution in [0.25, 0.3) is 0 Å². The van der Waals surface area contributed by atoms with E-state index in [2.05, 4.69) is 5.32 Å². The molecule has 1 aliphatic carbocycles. The second-order valence-electron chi connectivity index (χ2n) is 6.90. The number of carbonyl (C=O) groups excluding carboxylic acids is 2. The Morgan fingerprint density at radius 1 is 1.19 bits per heavy atom. The third kappa shape index (κ3) is 4.18. The highest BCUT2D eigenvalue weighted by molar-refractivity contribution is 7.14. The molecule has 1 aliphatic heterocycles. The van der Waals surface area contributed by atoms with Gasteiger partial charge in [0.05, 0.1) is 18.1 Å². The van der Waals surface area contributed by atoms with Crippen molar-refractivity contribution in [3.63, 3.8) is 0 Å². The molecule has 2 aliphatic rings. The van der Waals surface area contributed by atoms with Crippen molar-refractivity contribution in [3.8, 4) is 0 Å². The van der Waals surface area contributed by atoms with Crippen LogP contribution in [0.5, 0.6) is 0 Å². The first-order valence-electron chi connectivity index (χ1n) is 9.15. The van der Waals surface area contributed by atoms with Crippen LogP contribution < -0.4 is 5.32 Å². The fourth-order valence-electron chi connectivity index (χ4n) is 3.55. The highest BCUT2D eigenvalue weighted by Crippen LogP contribution is 2.33. The summed E-state index contributed by atoms with van der Waals surface area (Å²) in [6, 6.07) is 9.12. The molecule has 1 saturated heterocycles. The molecule has 0 radical (unpaired) electrons. The highest BCUT2D eigenvalue weighted by Gasteiger charge is 2.29. The Morgan fingerprint density at radius 3 is 2.67 bits per heavy atom. The molecule has 7 heteroatoms. The fraction of sp³-hybridized carbons (Fsp3) is 0.400. The van der Waals surface area contributed by atoms with Crippen LogP contribution in [0, 0.1) is 5.92 Å². The minimum atomic E-state index is -0.0749. The summed E-state index contributed by atoms with van der Waals surface area (Å²) in [5.74, 6) is 0.0317. The molecule has 4 rings (SSSR count). The quantitative estimate of drug-likeness (QED) is 0.850. The van der Waals surface area contributed by atoms with Crippen LogP contribution in [0.1, 0.15) is 26.5 Å². The molecule has 1 fully saturated rings. The third-order valence-corrected chi connectivity index (χ3v) is 6.55. The molecule has 0 spiro atoms. The van der Waals surface area contributed by atoms with Gasteiger partial charge in [0.2, 0.25) is 5.91 Å². The van der Waals surface area contributed by atoms with Crippen molar-refractivity contribution in [1.29, 1.82) is 0 Å². The molecule has 2 aromatic rings. The number of benzene rings is 1. The molecule has 1 atom stereocenters. The molecule has 1 unspecified atom stereocenters. The Kier molecular flexibility index (Phi) is 5.48. The summed E-state index contributed by atoms with van der Waals surface area (Å²) in [6.07, 6.45) is 2.33. The largest absolute Gasteiger partial charge is 0.378 e. The number of aryl methyl sites for hydroxylation is 1. The number of ether oxygens (including phenoxy) is 1. The molecular weight excluding hydrogens is 384 g/mol. The summed E-state index contributed by atoms with van der Waals surface area (Å²) in [6.45, 7) is 2.49. The van der Waals surface area contributed by atoms with E-state index in [-0.39, 0.29) is 17.7 Å². The van der Waals surface area contributed by atoms with Crippen molar-refractivity contribution < 1.29 is 14.3 Å². The van der Waals surface area contributed by atoms with Crippen molar-refractivity contribution in [3.05, 3.63) is 50.7 Å². The second kappa shape index (κ2) is 8.00. The van der Waals surface area contributed by atoms with Gasteiger partial charge in [-0.25, -0.2) is 0 Å². The van der Waals surface area contributed by atoms with Crippen LogP contribution in [0.15, 0.2) is 30.3 Å². The molecule has 5 nitrogen and oxygen atoms in total. The number of fused-ring (bicyclic) bond motifs is 1. The zero-order chi connectivity index (χ0) is 18.8. The van der Waals surface area contributed by atoms with Gasteiger partial charge < -0.3 is 15.0 Å². The molecule has 27 heavy (non-hydrogen) atoms. The molecule has 1 aromatic carbocycles. The van der Waals surface area contributed by atoms with Crippen LogP contribution in [-0.2, 0) is 22.4 Å². The first-order valence-corrected chi connectivity index (χ1v) is 10.3. The zero-order valence-corrected chi connectivity index (χ0v) is 16.4. The summed E-state index contributed by atoms with van der Waals surface area (Å²) in [4.78, 5) is 29.2. The van der Waals surface area contributed by atoms with E-state index < -0.39 is 0 Å². The lowest BCUT2D eigenvalue weighted by Crippen LogP contribution is -2.40. The van der Waals surface area contributed by atoms with E-state index in [1.54, 1.807) is 35.6 Å². The maximum atomic E-state index is 12.7. The van der Waals surface area contributed by atoms with Crippen LogP contribution in [0.3, 0.4) is 0 Å². The Balaban J connectivity index is 1.42. The summed E-state index contributed by atoms with van der Waals surface area (Å²) in [7, 11) is 0. The number of halogens is 1. The Morgan fingerprint density at radius 2 is 1.93 bits per heavy atom. The predicted molar refractivity (Wildman–Crippen MR) is 107 cm³/mol. The lowest BCUT2D eigenvalue weighted by atomic mass is 9.87. The maximum absolute atomic E-state index is 12.7. The highest BCUT2D eigenvalue weighted by atomic mass is 35.5. The number of amides is 2. The number of anilines is 1. The van der Waals surface area contributed by atoms with Gasteiger partial charge in [-0.05, 0) is 55.2 Å². The number of morpholine rings is 1. The van der Waals surface area contributed by atoms with Crippen molar-refractivity contribution in [2.45, 2.75) is 19.3 Å². The first kappa shape index (κ1) is 18.5. The fourth-order valence-corrected chi connectivity index (χ4v) is 4.85. The van der Waals surface area contributed by atoms with Gasteiger partial charge in [0, 0.05) is 34.6 Å². The van der Waals surface area contributed by atoms with Gasteiger partial charge in [0.15, 0.2) is 0 Å². The van der Waals surface area contributed by atoms with Crippen molar-refractivity contribution >= 4 is 40.4 Å². The van der Waals surface area contributed by atoms with Gasteiger partial charge in [0.25, 0.3) is 5.91 Å². The van der Waals surface area contributed by atoms with E-state index in [1.807, 2.05) is 11.0 Å². The van der Waals surface area contributed by atoms with Crippen molar-refractivity contribution in [2.75, 3.05) is 31.6 Å². The standard InChI is InChI=1S/C20H21ClN2O3S/c21-15-2-4-16(5-3-15)22-19(24)13-1-6-17-14(11-13)12-18(27-17)20(25)23-7-9-26-10-8-23/h2-5,12-13H,1,6-11H2,(H,22,24). The number of hydrogen-bond acceptors (Lipinski definition) is 4. The lowest BCUT2D eigenvalue weighted by Gasteiger charge is -2.26. The molecule has 142 valence electrons. The zero-order valence-electron chi connectivity index (χ0n) is 14.9. The topological polar surface area (TPSA) is 58.6 Å². The van der Waals surface area contributed by atoms with E-state index in [9.17, 15) is 9.59 Å². The summed E-state index contributed by atoms with van der Waals surface area (Å²) in [5, 5.41) is 3.61. The predicted octanol–water partition coefficient (Wildman–Crippen LogP) is 3.62. The molecule has 2 heterocycles. The van der Waals surface area contributed by atoms with Crippen LogP contribution in [0.4, 0.5) is 5.69 Å².